The first-order valence-electron chi connectivity index (χ1n) is 7.42. The Morgan fingerprint density at radius 1 is 1.40 bits per heavy atom. The number of rotatable bonds is 5. The molecule has 20 heavy (non-hydrogen) atoms. The van der Waals surface area contributed by atoms with Gasteiger partial charge in [0, 0.05) is 41.8 Å². The molecule has 4 heteroatoms. The summed E-state index contributed by atoms with van der Waals surface area (Å²) in [6.45, 7) is 9.09. The largest absolute Gasteiger partial charge is 0.393 e. The second-order valence-electron chi connectivity index (χ2n) is 6.04. The van der Waals surface area contributed by atoms with Gasteiger partial charge in [-0.15, -0.1) is 0 Å². The molecule has 1 aromatic rings. The Balaban J connectivity index is 2.14. The van der Waals surface area contributed by atoms with Crippen molar-refractivity contribution >= 4 is 21.6 Å². The molecule has 1 aliphatic heterocycles. The smallest absolute Gasteiger partial charge is 0.0557 e. The van der Waals surface area contributed by atoms with Crippen LogP contribution in [0.3, 0.4) is 0 Å². The van der Waals surface area contributed by atoms with Gasteiger partial charge in [-0.2, -0.15) is 0 Å². The number of hydrogen-bond acceptors (Lipinski definition) is 3. The lowest BCUT2D eigenvalue weighted by Gasteiger charge is -2.24. The number of hydrogen-bond donors (Lipinski definition) is 2. The average Bonchev–Trinajstić information content (AvgIpc) is 2.86. The van der Waals surface area contributed by atoms with E-state index in [1.54, 1.807) is 0 Å². The van der Waals surface area contributed by atoms with E-state index in [4.69, 9.17) is 0 Å². The number of nitrogens with zero attached hydrogens (tertiary/aromatic N) is 1. The highest BCUT2D eigenvalue weighted by Crippen LogP contribution is 2.30. The van der Waals surface area contributed by atoms with E-state index in [0.717, 1.165) is 30.5 Å². The second kappa shape index (κ2) is 6.92. The Morgan fingerprint density at radius 3 is 2.75 bits per heavy atom. The summed E-state index contributed by atoms with van der Waals surface area (Å²) >= 11 is 3.56. The van der Waals surface area contributed by atoms with Gasteiger partial charge in [-0.3, -0.25) is 0 Å². The van der Waals surface area contributed by atoms with Crippen LogP contribution < -0.4 is 10.2 Å². The van der Waals surface area contributed by atoms with E-state index in [9.17, 15) is 5.11 Å². The van der Waals surface area contributed by atoms with Crippen LogP contribution in [0.2, 0.25) is 0 Å². The fourth-order valence-corrected chi connectivity index (χ4v) is 3.13. The number of anilines is 1. The van der Waals surface area contributed by atoms with Crippen LogP contribution in [0.5, 0.6) is 0 Å². The van der Waals surface area contributed by atoms with Gasteiger partial charge in [0.1, 0.15) is 0 Å². The molecule has 0 spiro atoms. The maximum atomic E-state index is 9.76. The molecule has 2 unspecified atom stereocenters. The van der Waals surface area contributed by atoms with Crippen molar-refractivity contribution in [2.24, 2.45) is 5.92 Å². The Bertz CT molecular complexity index is 448. The van der Waals surface area contributed by atoms with Crippen molar-refractivity contribution in [1.29, 1.82) is 0 Å². The summed E-state index contributed by atoms with van der Waals surface area (Å²) in [6, 6.07) is 6.96. The Labute approximate surface area is 130 Å². The van der Waals surface area contributed by atoms with E-state index in [1.807, 2.05) is 6.92 Å². The molecule has 0 aliphatic carbocycles. The molecule has 1 aliphatic rings. The lowest BCUT2D eigenvalue weighted by atomic mass is 10.0. The number of nitrogens with one attached hydrogen (secondary N) is 1. The third-order valence-corrected chi connectivity index (χ3v) is 4.48. The minimum Gasteiger partial charge on any atom is -0.393 e. The van der Waals surface area contributed by atoms with E-state index in [-0.39, 0.29) is 6.10 Å². The minimum absolute atomic E-state index is 0.215. The van der Waals surface area contributed by atoms with Crippen LogP contribution in [0.4, 0.5) is 5.69 Å². The first-order valence-corrected chi connectivity index (χ1v) is 8.21. The SMILES string of the molecule is CC(C)NCc1cc(Br)ccc1N1CCC(C(C)O)C1. The fourth-order valence-electron chi connectivity index (χ4n) is 2.72. The number of aliphatic hydroxyl groups excluding tert-OH is 1. The zero-order valence-corrected chi connectivity index (χ0v) is 14.2. The van der Waals surface area contributed by atoms with Crippen LogP contribution in [0.15, 0.2) is 22.7 Å². The summed E-state index contributed by atoms with van der Waals surface area (Å²) in [7, 11) is 0. The molecular weight excluding hydrogens is 316 g/mol. The quantitative estimate of drug-likeness (QED) is 0.864. The normalized spacial score (nSPS) is 20.7. The van der Waals surface area contributed by atoms with Gasteiger partial charge in [-0.1, -0.05) is 29.8 Å². The van der Waals surface area contributed by atoms with Gasteiger partial charge in [-0.05, 0) is 37.1 Å². The van der Waals surface area contributed by atoms with Crippen LogP contribution in [-0.4, -0.2) is 30.3 Å². The van der Waals surface area contributed by atoms with Crippen molar-refractivity contribution in [3.05, 3.63) is 28.2 Å². The molecule has 0 amide bonds. The molecule has 1 saturated heterocycles. The van der Waals surface area contributed by atoms with E-state index < -0.39 is 0 Å². The zero-order chi connectivity index (χ0) is 14.7. The topological polar surface area (TPSA) is 35.5 Å². The van der Waals surface area contributed by atoms with Gasteiger partial charge in [0.05, 0.1) is 6.10 Å². The number of halogens is 1. The van der Waals surface area contributed by atoms with E-state index in [0.29, 0.717) is 12.0 Å². The lowest BCUT2D eigenvalue weighted by molar-refractivity contribution is 0.136. The minimum atomic E-state index is -0.215. The highest BCUT2D eigenvalue weighted by molar-refractivity contribution is 9.10. The predicted octanol–water partition coefficient (Wildman–Crippen LogP) is 3.15. The molecule has 0 aromatic heterocycles. The molecule has 2 rings (SSSR count). The van der Waals surface area contributed by atoms with Gasteiger partial charge in [0.25, 0.3) is 0 Å². The van der Waals surface area contributed by atoms with Crippen LogP contribution in [0.1, 0.15) is 32.8 Å². The summed E-state index contributed by atoms with van der Waals surface area (Å²) in [5.41, 5.74) is 2.61. The molecule has 1 heterocycles. The van der Waals surface area contributed by atoms with Crippen LogP contribution in [0.25, 0.3) is 0 Å². The molecule has 1 fully saturated rings. The summed E-state index contributed by atoms with van der Waals surface area (Å²) in [4.78, 5) is 2.40. The molecule has 1 aromatic carbocycles. The molecule has 0 radical (unpaired) electrons. The van der Waals surface area contributed by atoms with Gasteiger partial charge >= 0.3 is 0 Å². The van der Waals surface area contributed by atoms with Crippen molar-refractivity contribution in [1.82, 2.24) is 5.32 Å². The first kappa shape index (κ1) is 15.8. The summed E-state index contributed by atoms with van der Waals surface area (Å²) in [6.07, 6.45) is 0.859. The van der Waals surface area contributed by atoms with Crippen molar-refractivity contribution < 1.29 is 5.11 Å². The summed E-state index contributed by atoms with van der Waals surface area (Å²) in [5.74, 6) is 0.393. The standard InChI is InChI=1S/C16H25BrN2O/c1-11(2)18-9-14-8-15(17)4-5-16(14)19-7-6-13(10-19)12(3)20/h4-5,8,11-13,18,20H,6-7,9-10H2,1-3H3. The van der Waals surface area contributed by atoms with Crippen molar-refractivity contribution in [2.45, 2.75) is 45.9 Å². The summed E-state index contributed by atoms with van der Waals surface area (Å²) in [5, 5.41) is 13.2. The predicted molar refractivity (Wildman–Crippen MR) is 88.1 cm³/mol. The first-order chi connectivity index (χ1) is 9.47. The Morgan fingerprint density at radius 2 is 2.15 bits per heavy atom. The third-order valence-electron chi connectivity index (χ3n) is 3.99. The van der Waals surface area contributed by atoms with E-state index >= 15 is 0 Å². The maximum Gasteiger partial charge on any atom is 0.0557 e. The maximum absolute atomic E-state index is 9.76. The Hall–Kier alpha value is -0.580. The van der Waals surface area contributed by atoms with Gasteiger partial charge in [0.2, 0.25) is 0 Å². The zero-order valence-electron chi connectivity index (χ0n) is 12.6. The molecule has 112 valence electrons. The fraction of sp³-hybridized carbons (Fsp3) is 0.625. The van der Waals surface area contributed by atoms with Crippen LogP contribution >= 0.6 is 15.9 Å². The lowest BCUT2D eigenvalue weighted by Crippen LogP contribution is -2.27. The van der Waals surface area contributed by atoms with Gasteiger partial charge in [-0.25, -0.2) is 0 Å². The third kappa shape index (κ3) is 3.96. The monoisotopic (exact) mass is 340 g/mol. The van der Waals surface area contributed by atoms with Crippen molar-refractivity contribution in [3.8, 4) is 0 Å². The van der Waals surface area contributed by atoms with E-state index in [1.165, 1.54) is 11.3 Å². The van der Waals surface area contributed by atoms with Gasteiger partial charge in [0.15, 0.2) is 0 Å². The van der Waals surface area contributed by atoms with Crippen molar-refractivity contribution in [3.63, 3.8) is 0 Å². The molecule has 0 bridgehead atoms. The highest BCUT2D eigenvalue weighted by Gasteiger charge is 2.27. The highest BCUT2D eigenvalue weighted by atomic mass is 79.9. The molecular formula is C16H25BrN2O. The second-order valence-corrected chi connectivity index (χ2v) is 6.96. The van der Waals surface area contributed by atoms with E-state index in [2.05, 4.69) is 58.2 Å². The van der Waals surface area contributed by atoms with Crippen LogP contribution in [0, 0.1) is 5.92 Å². The number of aliphatic hydroxyl groups is 1. The molecule has 2 N–H and O–H groups in total. The van der Waals surface area contributed by atoms with Crippen molar-refractivity contribution in [2.75, 3.05) is 18.0 Å². The van der Waals surface area contributed by atoms with Gasteiger partial charge < -0.3 is 15.3 Å². The molecule has 2 atom stereocenters. The molecule has 3 nitrogen and oxygen atoms in total. The molecule has 0 saturated carbocycles. The Kier molecular flexibility index (Phi) is 5.47. The summed E-state index contributed by atoms with van der Waals surface area (Å²) < 4.78 is 1.12. The average molecular weight is 341 g/mol. The number of benzene rings is 1. The van der Waals surface area contributed by atoms with Crippen LogP contribution in [-0.2, 0) is 6.54 Å².